The van der Waals surface area contributed by atoms with Gasteiger partial charge < -0.3 is 10.1 Å². The summed E-state index contributed by atoms with van der Waals surface area (Å²) in [6.45, 7) is 1.65. The first-order valence-corrected chi connectivity index (χ1v) is 7.15. The minimum atomic E-state index is -0.121. The number of aromatic nitrogens is 4. The quantitative estimate of drug-likeness (QED) is 0.770. The average molecular weight is 255 g/mol. The Labute approximate surface area is 104 Å². The highest BCUT2D eigenvalue weighted by molar-refractivity contribution is 7.99. The third-order valence-corrected chi connectivity index (χ3v) is 4.78. The van der Waals surface area contributed by atoms with E-state index in [1.165, 1.54) is 12.2 Å². The molecular formula is C10H17N5OS. The van der Waals surface area contributed by atoms with E-state index in [-0.39, 0.29) is 11.6 Å². The monoisotopic (exact) mass is 255 g/mol. The molecule has 1 aromatic heterocycles. The first-order chi connectivity index (χ1) is 8.32. The minimum Gasteiger partial charge on any atom is -0.371 e. The number of hydrogen-bond donors (Lipinski definition) is 1. The van der Waals surface area contributed by atoms with E-state index < -0.39 is 0 Å². The molecule has 1 N–H and O–H groups in total. The van der Waals surface area contributed by atoms with Gasteiger partial charge in [0.15, 0.2) is 5.82 Å². The molecule has 2 saturated heterocycles. The molecule has 94 valence electrons. The van der Waals surface area contributed by atoms with Crippen LogP contribution >= 0.6 is 11.8 Å². The van der Waals surface area contributed by atoms with Gasteiger partial charge in [0.2, 0.25) is 0 Å². The Hall–Kier alpha value is -0.660. The first kappa shape index (κ1) is 11.4. The number of hydrogen-bond acceptors (Lipinski definition) is 6. The van der Waals surface area contributed by atoms with Gasteiger partial charge in [0.1, 0.15) is 0 Å². The first-order valence-electron chi connectivity index (χ1n) is 5.99. The van der Waals surface area contributed by atoms with E-state index in [0.717, 1.165) is 31.1 Å². The smallest absolute Gasteiger partial charge is 0.170 e. The van der Waals surface area contributed by atoms with Gasteiger partial charge in [0, 0.05) is 19.3 Å². The van der Waals surface area contributed by atoms with E-state index in [2.05, 4.69) is 20.8 Å². The summed E-state index contributed by atoms with van der Waals surface area (Å²) in [5.41, 5.74) is -0.121. The highest BCUT2D eigenvalue weighted by Crippen LogP contribution is 2.40. The van der Waals surface area contributed by atoms with E-state index in [4.69, 9.17) is 4.74 Å². The zero-order valence-electron chi connectivity index (χ0n) is 9.93. The molecule has 17 heavy (non-hydrogen) atoms. The normalized spacial score (nSPS) is 34.1. The Morgan fingerprint density at radius 2 is 2.53 bits per heavy atom. The maximum absolute atomic E-state index is 6.11. The van der Waals surface area contributed by atoms with Crippen molar-refractivity contribution in [3.63, 3.8) is 0 Å². The Morgan fingerprint density at radius 3 is 3.24 bits per heavy atom. The maximum Gasteiger partial charge on any atom is 0.170 e. The van der Waals surface area contributed by atoms with Crippen molar-refractivity contribution in [3.05, 3.63) is 5.82 Å². The Morgan fingerprint density at radius 1 is 1.59 bits per heavy atom. The molecule has 0 radical (unpaired) electrons. The van der Waals surface area contributed by atoms with Crippen LogP contribution in [0.5, 0.6) is 0 Å². The van der Waals surface area contributed by atoms with Gasteiger partial charge in [-0.15, -0.1) is 5.10 Å². The van der Waals surface area contributed by atoms with Gasteiger partial charge in [-0.3, -0.25) is 0 Å². The fraction of sp³-hybridized carbons (Fsp3) is 0.900. The van der Waals surface area contributed by atoms with Crippen LogP contribution in [0.25, 0.3) is 0 Å². The van der Waals surface area contributed by atoms with Crippen molar-refractivity contribution >= 4 is 11.8 Å². The highest BCUT2D eigenvalue weighted by atomic mass is 32.2. The van der Waals surface area contributed by atoms with E-state index in [1.54, 1.807) is 4.68 Å². The van der Waals surface area contributed by atoms with Crippen LogP contribution in [-0.4, -0.2) is 50.5 Å². The van der Waals surface area contributed by atoms with Crippen LogP contribution in [0.2, 0.25) is 0 Å². The van der Waals surface area contributed by atoms with Crippen LogP contribution in [0.4, 0.5) is 0 Å². The number of tetrazole rings is 1. The molecule has 1 spiro atoms. The lowest BCUT2D eigenvalue weighted by atomic mass is 9.88. The molecule has 2 unspecified atom stereocenters. The van der Waals surface area contributed by atoms with Crippen molar-refractivity contribution in [2.24, 2.45) is 7.05 Å². The number of nitrogens with zero attached hydrogens (tertiary/aromatic N) is 4. The molecule has 3 heterocycles. The van der Waals surface area contributed by atoms with Crippen LogP contribution in [0.3, 0.4) is 0 Å². The van der Waals surface area contributed by atoms with Crippen molar-refractivity contribution in [2.75, 3.05) is 24.7 Å². The van der Waals surface area contributed by atoms with Gasteiger partial charge in [0.05, 0.1) is 18.2 Å². The summed E-state index contributed by atoms with van der Waals surface area (Å²) >= 11 is 1.96. The average Bonchev–Trinajstić information content (AvgIpc) is 2.77. The SMILES string of the molecule is Cn1nnnc1C1NCCOC12CCCSC2. The predicted molar refractivity (Wildman–Crippen MR) is 64.8 cm³/mol. The Kier molecular flexibility index (Phi) is 3.06. The number of nitrogens with one attached hydrogen (secondary N) is 1. The molecule has 1 aromatic rings. The molecule has 6 nitrogen and oxygen atoms in total. The second-order valence-corrected chi connectivity index (χ2v) is 5.72. The standard InChI is InChI=1S/C10H17N5OS/c1-15-9(12-13-14-15)8-10(16-5-4-11-8)3-2-6-17-7-10/h8,11H,2-7H2,1H3. The van der Waals surface area contributed by atoms with Crippen LogP contribution in [0.15, 0.2) is 0 Å². The summed E-state index contributed by atoms with van der Waals surface area (Å²) in [6, 6.07) is 0.115. The van der Waals surface area contributed by atoms with Crippen molar-refractivity contribution < 1.29 is 4.74 Å². The number of aryl methyl sites for hydroxylation is 1. The topological polar surface area (TPSA) is 64.9 Å². The number of ether oxygens (including phenoxy) is 1. The van der Waals surface area contributed by atoms with Gasteiger partial charge >= 0.3 is 0 Å². The molecule has 0 aromatic carbocycles. The van der Waals surface area contributed by atoms with E-state index in [9.17, 15) is 0 Å². The Bertz CT molecular complexity index is 382. The molecule has 2 fully saturated rings. The Balaban J connectivity index is 1.92. The van der Waals surface area contributed by atoms with E-state index in [1.807, 2.05) is 18.8 Å². The molecule has 0 bridgehead atoms. The third-order valence-electron chi connectivity index (χ3n) is 3.51. The van der Waals surface area contributed by atoms with Crippen LogP contribution in [-0.2, 0) is 11.8 Å². The molecular weight excluding hydrogens is 238 g/mol. The molecule has 3 rings (SSSR count). The number of thioether (sulfide) groups is 1. The van der Waals surface area contributed by atoms with Crippen molar-refractivity contribution in [1.82, 2.24) is 25.5 Å². The molecule has 2 aliphatic heterocycles. The van der Waals surface area contributed by atoms with E-state index >= 15 is 0 Å². The molecule has 7 heteroatoms. The van der Waals surface area contributed by atoms with Gasteiger partial charge in [-0.2, -0.15) is 11.8 Å². The number of morpholine rings is 1. The zero-order valence-corrected chi connectivity index (χ0v) is 10.7. The van der Waals surface area contributed by atoms with E-state index in [0.29, 0.717) is 0 Å². The summed E-state index contributed by atoms with van der Waals surface area (Å²) in [5.74, 6) is 3.14. The van der Waals surface area contributed by atoms with Gasteiger partial charge in [-0.05, 0) is 29.0 Å². The van der Waals surface area contributed by atoms with Gasteiger partial charge in [-0.1, -0.05) is 0 Å². The molecule has 0 saturated carbocycles. The number of rotatable bonds is 1. The van der Waals surface area contributed by atoms with Crippen LogP contribution in [0, 0.1) is 0 Å². The summed E-state index contributed by atoms with van der Waals surface area (Å²) in [4.78, 5) is 0. The lowest BCUT2D eigenvalue weighted by Gasteiger charge is -2.45. The zero-order chi connectivity index (χ0) is 11.7. The highest BCUT2D eigenvalue weighted by Gasteiger charge is 2.46. The van der Waals surface area contributed by atoms with Crippen molar-refractivity contribution in [1.29, 1.82) is 0 Å². The lowest BCUT2D eigenvalue weighted by molar-refractivity contribution is -0.0916. The third kappa shape index (κ3) is 1.96. The summed E-state index contributed by atoms with van der Waals surface area (Å²) < 4.78 is 7.85. The fourth-order valence-corrected chi connectivity index (χ4v) is 3.90. The minimum absolute atomic E-state index is 0.115. The molecule has 0 aliphatic carbocycles. The van der Waals surface area contributed by atoms with Crippen molar-refractivity contribution in [2.45, 2.75) is 24.5 Å². The van der Waals surface area contributed by atoms with Crippen LogP contribution in [0.1, 0.15) is 24.7 Å². The fourth-order valence-electron chi connectivity index (χ4n) is 2.67. The second kappa shape index (κ2) is 4.55. The molecule has 2 atom stereocenters. The van der Waals surface area contributed by atoms with Gasteiger partial charge in [0.25, 0.3) is 0 Å². The molecule has 2 aliphatic rings. The summed E-state index contributed by atoms with van der Waals surface area (Å²) in [7, 11) is 1.88. The maximum atomic E-state index is 6.11. The molecule has 0 amide bonds. The largest absolute Gasteiger partial charge is 0.371 e. The predicted octanol–water partition coefficient (Wildman–Crippen LogP) is 0.137. The summed E-state index contributed by atoms with van der Waals surface area (Å²) in [6.07, 6.45) is 2.29. The summed E-state index contributed by atoms with van der Waals surface area (Å²) in [5, 5.41) is 15.3. The lowest BCUT2D eigenvalue weighted by Crippen LogP contribution is -2.55. The second-order valence-electron chi connectivity index (χ2n) is 4.62. The van der Waals surface area contributed by atoms with Crippen LogP contribution < -0.4 is 5.32 Å². The van der Waals surface area contributed by atoms with Gasteiger partial charge in [-0.25, -0.2) is 4.68 Å². The van der Waals surface area contributed by atoms with Crippen molar-refractivity contribution in [3.8, 4) is 0 Å².